The Hall–Kier alpha value is -0.170. The number of allylic oxidation sites excluding steroid dienone is 2. The lowest BCUT2D eigenvalue weighted by molar-refractivity contribution is 0.742. The van der Waals surface area contributed by atoms with Crippen molar-refractivity contribution in [3.8, 4) is 0 Å². The van der Waals surface area contributed by atoms with Gasteiger partial charge < -0.3 is 0 Å². The molecule has 2 aliphatic rings. The molecule has 1 heterocycles. The highest BCUT2D eigenvalue weighted by Crippen LogP contribution is 2.36. The van der Waals surface area contributed by atoms with Crippen molar-refractivity contribution in [1.29, 1.82) is 0 Å². The van der Waals surface area contributed by atoms with Gasteiger partial charge in [-0.25, -0.2) is 0 Å². The zero-order chi connectivity index (χ0) is 5.40. The van der Waals surface area contributed by atoms with Crippen molar-refractivity contribution < 1.29 is 0 Å². The summed E-state index contributed by atoms with van der Waals surface area (Å²) in [6.07, 6.45) is 8.19. The molecule has 1 aliphatic carbocycles. The second kappa shape index (κ2) is 1.66. The lowest BCUT2D eigenvalue weighted by Gasteiger charge is -2.03. The van der Waals surface area contributed by atoms with Gasteiger partial charge in [-0.2, -0.15) is 0 Å². The van der Waals surface area contributed by atoms with E-state index in [9.17, 15) is 0 Å². The molecule has 0 aromatic carbocycles. The summed E-state index contributed by atoms with van der Waals surface area (Å²) < 4.78 is 0. The first-order valence-electron chi connectivity index (χ1n) is 2.95. The fraction of sp³-hybridized carbons (Fsp3) is 0.429. The zero-order valence-electron chi connectivity index (χ0n) is 4.58. The Morgan fingerprint density at radius 1 is 1.38 bits per heavy atom. The van der Waals surface area contributed by atoms with E-state index in [1.807, 2.05) is 11.8 Å². The van der Waals surface area contributed by atoms with E-state index < -0.39 is 0 Å². The molecule has 42 valence electrons. The number of fused-ring (bicyclic) bond motifs is 1. The quantitative estimate of drug-likeness (QED) is 0.446. The highest BCUT2D eigenvalue weighted by Gasteiger charge is 2.23. The van der Waals surface area contributed by atoms with Gasteiger partial charge in [0.05, 0.1) is 0 Å². The van der Waals surface area contributed by atoms with E-state index >= 15 is 0 Å². The molecule has 0 saturated carbocycles. The molecule has 8 heavy (non-hydrogen) atoms. The molecule has 0 nitrogen and oxygen atoms in total. The van der Waals surface area contributed by atoms with Crippen molar-refractivity contribution in [3.05, 3.63) is 23.6 Å². The van der Waals surface area contributed by atoms with E-state index in [1.165, 1.54) is 6.42 Å². The Kier molecular flexibility index (Phi) is 0.971. The topological polar surface area (TPSA) is 0 Å². The van der Waals surface area contributed by atoms with Crippen molar-refractivity contribution in [1.82, 2.24) is 0 Å². The second-order valence-electron chi connectivity index (χ2n) is 2.26. The molecule has 1 aliphatic heterocycles. The molecule has 1 heteroatoms. The second-order valence-corrected chi connectivity index (χ2v) is 3.35. The Bertz CT molecular complexity index is 128. The molecule has 0 spiro atoms. The predicted molar refractivity (Wildman–Crippen MR) is 37.8 cm³/mol. The van der Waals surface area contributed by atoms with Crippen molar-refractivity contribution in [2.45, 2.75) is 11.7 Å². The van der Waals surface area contributed by atoms with Gasteiger partial charge in [0, 0.05) is 5.25 Å². The first-order chi connectivity index (χ1) is 3.97. The molecule has 0 aromatic rings. The smallest absolute Gasteiger partial charge is 0.0334 e. The van der Waals surface area contributed by atoms with Crippen molar-refractivity contribution in [2.75, 3.05) is 0 Å². The van der Waals surface area contributed by atoms with Gasteiger partial charge in [0.15, 0.2) is 0 Å². The van der Waals surface area contributed by atoms with Crippen LogP contribution in [0.1, 0.15) is 6.42 Å². The normalized spacial score (nSPS) is 41.0. The first kappa shape index (κ1) is 4.68. The summed E-state index contributed by atoms with van der Waals surface area (Å²) in [5.74, 6) is 0.847. The van der Waals surface area contributed by atoms with E-state index in [-0.39, 0.29) is 0 Å². The van der Waals surface area contributed by atoms with Crippen LogP contribution in [0.25, 0.3) is 0 Å². The van der Waals surface area contributed by atoms with Gasteiger partial charge in [0.1, 0.15) is 0 Å². The summed E-state index contributed by atoms with van der Waals surface area (Å²) >= 11 is 1.95. The predicted octanol–water partition coefficient (Wildman–Crippen LogP) is 2.19. The molecule has 0 fully saturated rings. The maximum atomic E-state index is 2.31. The molecular formula is C7H8S. The zero-order valence-corrected chi connectivity index (χ0v) is 5.40. The third-order valence-electron chi connectivity index (χ3n) is 1.72. The lowest BCUT2D eigenvalue weighted by atomic mass is 10.1. The van der Waals surface area contributed by atoms with Crippen molar-refractivity contribution in [2.24, 2.45) is 5.92 Å². The van der Waals surface area contributed by atoms with Gasteiger partial charge in [-0.15, -0.1) is 11.8 Å². The third kappa shape index (κ3) is 0.543. The van der Waals surface area contributed by atoms with Crippen LogP contribution in [0.4, 0.5) is 0 Å². The highest BCUT2D eigenvalue weighted by atomic mass is 32.2. The van der Waals surface area contributed by atoms with Crippen LogP contribution in [0.3, 0.4) is 0 Å². The van der Waals surface area contributed by atoms with Gasteiger partial charge in [-0.05, 0) is 17.7 Å². The van der Waals surface area contributed by atoms with Gasteiger partial charge in [-0.3, -0.25) is 0 Å². The van der Waals surface area contributed by atoms with E-state index in [2.05, 4.69) is 23.6 Å². The maximum Gasteiger partial charge on any atom is 0.0334 e. The average molecular weight is 124 g/mol. The monoisotopic (exact) mass is 124 g/mol. The molecule has 0 saturated heterocycles. The summed E-state index contributed by atoms with van der Waals surface area (Å²) in [6.45, 7) is 0. The summed E-state index contributed by atoms with van der Waals surface area (Å²) in [4.78, 5) is 0. The molecule has 2 atom stereocenters. The van der Waals surface area contributed by atoms with Gasteiger partial charge >= 0.3 is 0 Å². The summed E-state index contributed by atoms with van der Waals surface area (Å²) in [6, 6.07) is 0. The molecular weight excluding hydrogens is 116 g/mol. The van der Waals surface area contributed by atoms with Crippen molar-refractivity contribution >= 4 is 11.8 Å². The number of hydrogen-bond acceptors (Lipinski definition) is 1. The first-order valence-corrected chi connectivity index (χ1v) is 3.90. The fourth-order valence-corrected chi connectivity index (χ4v) is 2.30. The van der Waals surface area contributed by atoms with E-state index in [4.69, 9.17) is 0 Å². The van der Waals surface area contributed by atoms with Crippen LogP contribution in [0.2, 0.25) is 0 Å². The number of thioether (sulfide) groups is 1. The van der Waals surface area contributed by atoms with Crippen molar-refractivity contribution in [3.63, 3.8) is 0 Å². The molecule has 2 rings (SSSR count). The fourth-order valence-electron chi connectivity index (χ4n) is 1.22. The van der Waals surface area contributed by atoms with E-state index in [0.717, 1.165) is 11.2 Å². The number of hydrogen-bond donors (Lipinski definition) is 0. The average Bonchev–Trinajstić information content (AvgIpc) is 2.15. The van der Waals surface area contributed by atoms with Gasteiger partial charge in [0.25, 0.3) is 0 Å². The molecule has 0 radical (unpaired) electrons. The molecule has 0 amide bonds. The summed E-state index contributed by atoms with van der Waals surface area (Å²) in [5, 5.41) is 3.02. The van der Waals surface area contributed by atoms with Gasteiger partial charge in [0.2, 0.25) is 0 Å². The Morgan fingerprint density at radius 2 is 2.38 bits per heavy atom. The Labute approximate surface area is 53.7 Å². The minimum absolute atomic E-state index is 0.801. The minimum atomic E-state index is 0.801. The lowest BCUT2D eigenvalue weighted by Crippen LogP contribution is -2.00. The SMILES string of the molecule is C1=CC2SC=CC2C1. The van der Waals surface area contributed by atoms with E-state index in [0.29, 0.717) is 0 Å². The Balaban J connectivity index is 2.20. The molecule has 2 unspecified atom stereocenters. The van der Waals surface area contributed by atoms with Crippen LogP contribution in [0, 0.1) is 5.92 Å². The van der Waals surface area contributed by atoms with Gasteiger partial charge in [-0.1, -0.05) is 18.2 Å². The highest BCUT2D eigenvalue weighted by molar-refractivity contribution is 8.03. The standard InChI is InChI=1S/C7H8S/c1-2-6-4-5-8-7(6)3-1/h1,3-7H,2H2. The van der Waals surface area contributed by atoms with Crippen LogP contribution in [-0.4, -0.2) is 5.25 Å². The van der Waals surface area contributed by atoms with Crippen LogP contribution in [-0.2, 0) is 0 Å². The largest absolute Gasteiger partial charge is 0.126 e. The molecule has 0 aromatic heterocycles. The van der Waals surface area contributed by atoms with Crippen LogP contribution in [0.15, 0.2) is 23.6 Å². The molecule has 0 N–H and O–H groups in total. The maximum absolute atomic E-state index is 2.31. The summed E-state index contributed by atoms with van der Waals surface area (Å²) in [5.41, 5.74) is 0. The van der Waals surface area contributed by atoms with Crippen LogP contribution >= 0.6 is 11.8 Å². The Morgan fingerprint density at radius 3 is 3.25 bits per heavy atom. The molecule has 0 bridgehead atoms. The summed E-state index contributed by atoms with van der Waals surface area (Å²) in [7, 11) is 0. The van der Waals surface area contributed by atoms with Crippen LogP contribution in [0.5, 0.6) is 0 Å². The van der Waals surface area contributed by atoms with E-state index in [1.54, 1.807) is 0 Å². The third-order valence-corrected chi connectivity index (χ3v) is 2.85. The van der Waals surface area contributed by atoms with Crippen LogP contribution < -0.4 is 0 Å². The number of rotatable bonds is 0. The minimum Gasteiger partial charge on any atom is -0.126 e.